The minimum Gasteiger partial charge on any atom is -0.352 e. The zero-order chi connectivity index (χ0) is 17.5. The van der Waals surface area contributed by atoms with Gasteiger partial charge in [-0.1, -0.05) is 6.42 Å². The molecular formula is C18H27N5O2. The molecule has 136 valence electrons. The summed E-state index contributed by atoms with van der Waals surface area (Å²) in [4.78, 5) is 36.8. The molecule has 2 amide bonds. The molecule has 7 heteroatoms. The Morgan fingerprint density at radius 1 is 1.16 bits per heavy atom. The number of hydrogen-bond acceptors (Lipinski definition) is 5. The first-order chi connectivity index (χ1) is 12.2. The lowest BCUT2D eigenvalue weighted by atomic mass is 10.1. The first-order valence-electron chi connectivity index (χ1n) is 9.31. The molecular weight excluding hydrogens is 318 g/mol. The van der Waals surface area contributed by atoms with Crippen molar-refractivity contribution < 1.29 is 9.59 Å². The summed E-state index contributed by atoms with van der Waals surface area (Å²) in [7, 11) is 0. The fourth-order valence-electron chi connectivity index (χ4n) is 3.54. The summed E-state index contributed by atoms with van der Waals surface area (Å²) < 4.78 is 0. The van der Waals surface area contributed by atoms with Crippen LogP contribution in [0.15, 0.2) is 18.5 Å². The van der Waals surface area contributed by atoms with E-state index in [0.717, 1.165) is 57.7 Å². The lowest BCUT2D eigenvalue weighted by Gasteiger charge is -2.33. The zero-order valence-corrected chi connectivity index (χ0v) is 14.7. The highest BCUT2D eigenvalue weighted by atomic mass is 16.2. The maximum absolute atomic E-state index is 12.3. The average Bonchev–Trinajstić information content (AvgIpc) is 2.85. The molecule has 2 fully saturated rings. The SMILES string of the molecule is O=C(CCN1CCCCCC1=O)NC1CCCN(c2ncccn2)C1. The maximum atomic E-state index is 12.3. The minimum atomic E-state index is 0.0258. The average molecular weight is 345 g/mol. The first-order valence-corrected chi connectivity index (χ1v) is 9.31. The van der Waals surface area contributed by atoms with Gasteiger partial charge in [0.05, 0.1) is 0 Å². The van der Waals surface area contributed by atoms with Crippen LogP contribution in [0, 0.1) is 0 Å². The van der Waals surface area contributed by atoms with E-state index < -0.39 is 0 Å². The number of anilines is 1. The van der Waals surface area contributed by atoms with E-state index in [0.29, 0.717) is 19.4 Å². The molecule has 2 aliphatic rings. The summed E-state index contributed by atoms with van der Waals surface area (Å²) in [6.45, 7) is 2.97. The van der Waals surface area contributed by atoms with E-state index in [1.54, 1.807) is 18.5 Å². The second-order valence-electron chi connectivity index (χ2n) is 6.84. The van der Waals surface area contributed by atoms with Gasteiger partial charge in [-0.15, -0.1) is 0 Å². The number of rotatable bonds is 5. The zero-order valence-electron chi connectivity index (χ0n) is 14.7. The summed E-state index contributed by atoms with van der Waals surface area (Å²) in [5, 5.41) is 3.11. The maximum Gasteiger partial charge on any atom is 0.225 e. The largest absolute Gasteiger partial charge is 0.352 e. The number of piperidine rings is 1. The van der Waals surface area contributed by atoms with Crippen LogP contribution < -0.4 is 10.2 Å². The van der Waals surface area contributed by atoms with E-state index in [2.05, 4.69) is 20.2 Å². The smallest absolute Gasteiger partial charge is 0.225 e. The van der Waals surface area contributed by atoms with E-state index in [-0.39, 0.29) is 17.9 Å². The van der Waals surface area contributed by atoms with Crippen molar-refractivity contribution in [2.75, 3.05) is 31.1 Å². The third-order valence-electron chi connectivity index (χ3n) is 4.90. The molecule has 1 N–H and O–H groups in total. The molecule has 7 nitrogen and oxygen atoms in total. The molecule has 0 aromatic carbocycles. The van der Waals surface area contributed by atoms with Crippen molar-refractivity contribution >= 4 is 17.8 Å². The Morgan fingerprint density at radius 3 is 2.84 bits per heavy atom. The highest BCUT2D eigenvalue weighted by molar-refractivity contribution is 5.79. The van der Waals surface area contributed by atoms with Gasteiger partial charge in [0.1, 0.15) is 0 Å². The van der Waals surface area contributed by atoms with Crippen LogP contribution in [-0.4, -0.2) is 58.9 Å². The lowest BCUT2D eigenvalue weighted by molar-refractivity contribution is -0.131. The molecule has 1 atom stereocenters. The fourth-order valence-corrected chi connectivity index (χ4v) is 3.54. The Kier molecular flexibility index (Phi) is 6.19. The van der Waals surface area contributed by atoms with E-state index >= 15 is 0 Å². The Hall–Kier alpha value is -2.18. The van der Waals surface area contributed by atoms with Gasteiger partial charge in [0.15, 0.2) is 0 Å². The van der Waals surface area contributed by atoms with Crippen LogP contribution in [0.1, 0.15) is 44.9 Å². The van der Waals surface area contributed by atoms with Gasteiger partial charge in [-0.2, -0.15) is 0 Å². The number of likely N-dealkylation sites (tertiary alicyclic amines) is 1. The third-order valence-corrected chi connectivity index (χ3v) is 4.90. The van der Waals surface area contributed by atoms with Gasteiger partial charge >= 0.3 is 0 Å². The normalized spacial score (nSPS) is 21.8. The Bertz CT molecular complexity index is 580. The van der Waals surface area contributed by atoms with Gasteiger partial charge in [-0.25, -0.2) is 9.97 Å². The molecule has 2 saturated heterocycles. The van der Waals surface area contributed by atoms with Crippen LogP contribution in [0.25, 0.3) is 0 Å². The minimum absolute atomic E-state index is 0.0258. The van der Waals surface area contributed by atoms with Gasteiger partial charge in [0.25, 0.3) is 0 Å². The molecule has 25 heavy (non-hydrogen) atoms. The number of aromatic nitrogens is 2. The number of amides is 2. The Morgan fingerprint density at radius 2 is 2.00 bits per heavy atom. The summed E-state index contributed by atoms with van der Waals surface area (Å²) >= 11 is 0. The van der Waals surface area contributed by atoms with Gasteiger partial charge in [0, 0.05) is 57.5 Å². The van der Waals surface area contributed by atoms with Crippen LogP contribution in [0.2, 0.25) is 0 Å². The number of carbonyl (C=O) groups excluding carboxylic acids is 2. The van der Waals surface area contributed by atoms with Crippen LogP contribution in [0.3, 0.4) is 0 Å². The van der Waals surface area contributed by atoms with E-state index in [9.17, 15) is 9.59 Å². The van der Waals surface area contributed by atoms with Gasteiger partial charge in [-0.3, -0.25) is 9.59 Å². The second kappa shape index (κ2) is 8.78. The molecule has 1 aromatic heterocycles. The lowest BCUT2D eigenvalue weighted by Crippen LogP contribution is -2.48. The molecule has 2 aliphatic heterocycles. The summed E-state index contributed by atoms with van der Waals surface area (Å²) in [6, 6.07) is 1.92. The molecule has 0 spiro atoms. The number of hydrogen-bond donors (Lipinski definition) is 1. The molecule has 0 saturated carbocycles. The highest BCUT2D eigenvalue weighted by Crippen LogP contribution is 2.15. The van der Waals surface area contributed by atoms with Crippen LogP contribution in [0.5, 0.6) is 0 Å². The molecule has 0 bridgehead atoms. The summed E-state index contributed by atoms with van der Waals surface area (Å²) in [5.41, 5.74) is 0. The van der Waals surface area contributed by atoms with Gasteiger partial charge in [0.2, 0.25) is 17.8 Å². The van der Waals surface area contributed by atoms with Crippen molar-refractivity contribution in [3.8, 4) is 0 Å². The van der Waals surface area contributed by atoms with Crippen molar-refractivity contribution in [3.63, 3.8) is 0 Å². The monoisotopic (exact) mass is 345 g/mol. The fraction of sp³-hybridized carbons (Fsp3) is 0.667. The molecule has 0 aliphatic carbocycles. The van der Waals surface area contributed by atoms with Crippen LogP contribution in [0.4, 0.5) is 5.95 Å². The topological polar surface area (TPSA) is 78.4 Å². The summed E-state index contributed by atoms with van der Waals surface area (Å²) in [6.07, 6.45) is 9.58. The van der Waals surface area contributed by atoms with E-state index in [1.807, 2.05) is 4.90 Å². The molecule has 0 radical (unpaired) electrons. The summed E-state index contributed by atoms with van der Waals surface area (Å²) in [5.74, 6) is 0.935. The molecule has 3 rings (SSSR count). The standard InChI is InChI=1S/C18H27N5O2/c24-16(8-13-22-11-3-1-2-7-17(22)25)21-15-6-4-12-23(14-15)18-19-9-5-10-20-18/h5,9-10,15H,1-4,6-8,11-14H2,(H,21,24). The number of carbonyl (C=O) groups is 2. The van der Waals surface area contributed by atoms with Gasteiger partial charge < -0.3 is 15.1 Å². The predicted octanol–water partition coefficient (Wildman–Crippen LogP) is 1.35. The first kappa shape index (κ1) is 17.6. The van der Waals surface area contributed by atoms with Crippen LogP contribution >= 0.6 is 0 Å². The molecule has 3 heterocycles. The van der Waals surface area contributed by atoms with E-state index in [4.69, 9.17) is 0 Å². The second-order valence-corrected chi connectivity index (χ2v) is 6.84. The van der Waals surface area contributed by atoms with Crippen molar-refractivity contribution in [2.45, 2.75) is 51.0 Å². The van der Waals surface area contributed by atoms with Crippen molar-refractivity contribution in [1.29, 1.82) is 0 Å². The Labute approximate surface area is 148 Å². The van der Waals surface area contributed by atoms with Gasteiger partial charge in [-0.05, 0) is 31.7 Å². The predicted molar refractivity (Wildman–Crippen MR) is 95.1 cm³/mol. The number of nitrogens with one attached hydrogen (secondary N) is 1. The van der Waals surface area contributed by atoms with Crippen LogP contribution in [-0.2, 0) is 9.59 Å². The number of nitrogens with zero attached hydrogens (tertiary/aromatic N) is 4. The highest BCUT2D eigenvalue weighted by Gasteiger charge is 2.23. The van der Waals surface area contributed by atoms with E-state index in [1.165, 1.54) is 0 Å². The van der Waals surface area contributed by atoms with Crippen molar-refractivity contribution in [3.05, 3.63) is 18.5 Å². The quantitative estimate of drug-likeness (QED) is 0.872. The Balaban J connectivity index is 1.45. The third kappa shape index (κ3) is 5.14. The van der Waals surface area contributed by atoms with Crippen molar-refractivity contribution in [1.82, 2.24) is 20.2 Å². The molecule has 1 aromatic rings. The molecule has 1 unspecified atom stereocenters. The van der Waals surface area contributed by atoms with Crippen molar-refractivity contribution in [2.24, 2.45) is 0 Å².